The maximum Gasteiger partial charge on any atom is 0.164 e. The summed E-state index contributed by atoms with van der Waals surface area (Å²) in [5.41, 5.74) is 5.62. The summed E-state index contributed by atoms with van der Waals surface area (Å²) in [6.45, 7) is 0. The van der Waals surface area contributed by atoms with E-state index in [1.807, 2.05) is 40.9 Å². The Morgan fingerprint density at radius 2 is 1.22 bits per heavy atom. The summed E-state index contributed by atoms with van der Waals surface area (Å²) >= 11 is 3.71. The first-order valence-electron chi connectivity index (χ1n) is 18.6. The molecule has 7 aromatic carbocycles. The Morgan fingerprint density at radius 1 is 0.491 bits per heavy atom. The summed E-state index contributed by atoms with van der Waals surface area (Å²) in [6, 6.07) is 50.6. The second-order valence-electron chi connectivity index (χ2n) is 14.3. The lowest BCUT2D eigenvalue weighted by atomic mass is 9.97. The van der Waals surface area contributed by atoms with E-state index < -0.39 is 0 Å². The van der Waals surface area contributed by atoms with Gasteiger partial charge in [-0.15, -0.1) is 22.7 Å². The number of nitrogens with zero attached hydrogens (tertiary/aromatic N) is 4. The monoisotopic (exact) mass is 738 g/mol. The van der Waals surface area contributed by atoms with Crippen LogP contribution in [0.5, 0.6) is 0 Å². The van der Waals surface area contributed by atoms with Crippen molar-refractivity contribution in [1.82, 2.24) is 19.5 Å². The van der Waals surface area contributed by atoms with Crippen LogP contribution in [-0.2, 0) is 0 Å². The molecule has 1 unspecified atom stereocenters. The number of hydrogen-bond acceptors (Lipinski definition) is 5. The van der Waals surface area contributed by atoms with E-state index in [-0.39, 0.29) is 5.92 Å². The van der Waals surface area contributed by atoms with Crippen molar-refractivity contribution in [1.29, 1.82) is 0 Å². The molecule has 0 saturated carbocycles. The van der Waals surface area contributed by atoms with Crippen molar-refractivity contribution in [2.75, 3.05) is 0 Å². The number of rotatable bonds is 4. The van der Waals surface area contributed by atoms with Gasteiger partial charge in [-0.05, 0) is 65.7 Å². The summed E-state index contributed by atoms with van der Waals surface area (Å²) in [4.78, 5) is 15.4. The third-order valence-electron chi connectivity index (χ3n) is 11.1. The third-order valence-corrected chi connectivity index (χ3v) is 13.4. The largest absolute Gasteiger partial charge is 0.309 e. The van der Waals surface area contributed by atoms with E-state index in [1.165, 1.54) is 67.5 Å². The normalized spacial score (nSPS) is 14.5. The van der Waals surface area contributed by atoms with Gasteiger partial charge in [0.05, 0.1) is 11.0 Å². The van der Waals surface area contributed by atoms with Crippen molar-refractivity contribution in [3.05, 3.63) is 170 Å². The van der Waals surface area contributed by atoms with Gasteiger partial charge in [0.25, 0.3) is 0 Å². The van der Waals surface area contributed by atoms with E-state index in [2.05, 4.69) is 150 Å². The Kier molecular flexibility index (Phi) is 6.76. The van der Waals surface area contributed by atoms with Gasteiger partial charge in [0.2, 0.25) is 0 Å². The summed E-state index contributed by atoms with van der Waals surface area (Å²) in [7, 11) is 0. The van der Waals surface area contributed by atoms with Crippen molar-refractivity contribution in [2.45, 2.75) is 12.3 Å². The van der Waals surface area contributed by atoms with E-state index in [1.54, 1.807) is 0 Å². The van der Waals surface area contributed by atoms with Gasteiger partial charge in [0.1, 0.15) is 5.82 Å². The van der Waals surface area contributed by atoms with Crippen LogP contribution in [0.1, 0.15) is 18.2 Å². The van der Waals surface area contributed by atoms with Crippen molar-refractivity contribution < 1.29 is 0 Å². The average molecular weight is 739 g/mol. The van der Waals surface area contributed by atoms with E-state index in [0.717, 1.165) is 34.4 Å². The molecule has 4 heterocycles. The minimum absolute atomic E-state index is 0.0994. The SMILES string of the molecule is C1=CCC(c2nc(-c3ccccc3)nc(-c3cc4sc5ccc(-n6c7ccccc7c7c8c(ccc76)sc6ccccc68)cc5c4c4ccccc34)n2)C=C1. The van der Waals surface area contributed by atoms with Gasteiger partial charge in [-0.3, -0.25) is 0 Å². The molecule has 55 heavy (non-hydrogen) atoms. The molecule has 0 radical (unpaired) electrons. The zero-order chi connectivity index (χ0) is 36.0. The van der Waals surface area contributed by atoms with Gasteiger partial charge < -0.3 is 4.57 Å². The molecule has 0 spiro atoms. The molecule has 258 valence electrons. The standard InChI is InChI=1S/C49H30N4S2/c1-3-13-29(14-4-1)47-50-48(30-15-5-2-6-16-30)52-49(51-47)36-28-43-44(33-18-8-7-17-32(33)36)37-27-31(23-25-41(37)55-43)53-38-21-11-9-19-34(38)45-39(53)24-26-42-46(45)35-20-10-12-22-40(35)54-42/h1-15,17-28,30H,16H2. The fourth-order valence-corrected chi connectivity index (χ4v) is 10.9. The highest BCUT2D eigenvalue weighted by Gasteiger charge is 2.22. The predicted octanol–water partition coefficient (Wildman–Crippen LogP) is 13.8. The Labute approximate surface area is 324 Å². The molecule has 6 heteroatoms. The molecule has 1 aliphatic carbocycles. The molecule has 4 aromatic heterocycles. The first kappa shape index (κ1) is 30.9. The van der Waals surface area contributed by atoms with Crippen LogP contribution in [0.3, 0.4) is 0 Å². The highest BCUT2D eigenvalue weighted by Crippen LogP contribution is 2.46. The molecular weight excluding hydrogens is 709 g/mol. The molecular formula is C49H30N4S2. The molecule has 0 fully saturated rings. The smallest absolute Gasteiger partial charge is 0.164 e. The fraction of sp³-hybridized carbons (Fsp3) is 0.0408. The minimum Gasteiger partial charge on any atom is -0.309 e. The summed E-state index contributed by atoms with van der Waals surface area (Å²) in [6.07, 6.45) is 9.44. The number of thiophene rings is 2. The number of para-hydroxylation sites is 1. The number of fused-ring (bicyclic) bond motifs is 12. The van der Waals surface area contributed by atoms with Gasteiger partial charge in [-0.1, -0.05) is 115 Å². The fourth-order valence-electron chi connectivity index (χ4n) is 8.67. The molecule has 0 aliphatic heterocycles. The third kappa shape index (κ3) is 4.72. The zero-order valence-electron chi connectivity index (χ0n) is 29.5. The van der Waals surface area contributed by atoms with Crippen LogP contribution < -0.4 is 0 Å². The molecule has 11 aromatic rings. The number of hydrogen-bond donors (Lipinski definition) is 0. The molecule has 12 rings (SSSR count). The van der Waals surface area contributed by atoms with Crippen molar-refractivity contribution >= 4 is 95.6 Å². The van der Waals surface area contributed by atoms with Crippen LogP contribution in [0.15, 0.2) is 164 Å². The topological polar surface area (TPSA) is 43.6 Å². The molecule has 4 nitrogen and oxygen atoms in total. The molecule has 0 N–H and O–H groups in total. The van der Waals surface area contributed by atoms with E-state index in [0.29, 0.717) is 11.6 Å². The minimum atomic E-state index is 0.0994. The van der Waals surface area contributed by atoms with Gasteiger partial charge in [-0.2, -0.15) is 0 Å². The van der Waals surface area contributed by atoms with Gasteiger partial charge in [0, 0.05) is 73.8 Å². The highest BCUT2D eigenvalue weighted by molar-refractivity contribution is 7.26. The van der Waals surface area contributed by atoms with Crippen LogP contribution >= 0.6 is 22.7 Å². The van der Waals surface area contributed by atoms with E-state index in [4.69, 9.17) is 15.0 Å². The van der Waals surface area contributed by atoms with Crippen molar-refractivity contribution in [2.24, 2.45) is 0 Å². The molecule has 1 atom stereocenters. The van der Waals surface area contributed by atoms with Crippen LogP contribution in [0.2, 0.25) is 0 Å². The van der Waals surface area contributed by atoms with E-state index >= 15 is 0 Å². The van der Waals surface area contributed by atoms with Crippen LogP contribution in [-0.4, -0.2) is 19.5 Å². The maximum absolute atomic E-state index is 5.20. The summed E-state index contributed by atoms with van der Waals surface area (Å²) in [5.74, 6) is 2.31. The Hall–Kier alpha value is -6.47. The van der Waals surface area contributed by atoms with Crippen molar-refractivity contribution in [3.8, 4) is 28.5 Å². The lowest BCUT2D eigenvalue weighted by Crippen LogP contribution is -2.08. The van der Waals surface area contributed by atoms with Crippen LogP contribution in [0, 0.1) is 0 Å². The van der Waals surface area contributed by atoms with Crippen LogP contribution in [0.25, 0.3) is 101 Å². The quantitative estimate of drug-likeness (QED) is 0.181. The summed E-state index contributed by atoms with van der Waals surface area (Å²) in [5, 5.41) is 10.1. The second-order valence-corrected chi connectivity index (χ2v) is 16.4. The van der Waals surface area contributed by atoms with Crippen LogP contribution in [0.4, 0.5) is 0 Å². The lowest BCUT2D eigenvalue weighted by Gasteiger charge is -2.15. The zero-order valence-corrected chi connectivity index (χ0v) is 31.1. The Balaban J connectivity index is 1.09. The Morgan fingerprint density at radius 3 is 2.09 bits per heavy atom. The van der Waals surface area contributed by atoms with Gasteiger partial charge in [0.15, 0.2) is 11.6 Å². The molecule has 1 aliphatic rings. The number of allylic oxidation sites excluding steroid dienone is 4. The molecule has 0 saturated heterocycles. The summed E-state index contributed by atoms with van der Waals surface area (Å²) < 4.78 is 7.59. The molecule has 0 amide bonds. The lowest BCUT2D eigenvalue weighted by molar-refractivity contribution is 0.764. The van der Waals surface area contributed by atoms with Gasteiger partial charge in [-0.25, -0.2) is 15.0 Å². The predicted molar refractivity (Wildman–Crippen MR) is 234 cm³/mol. The molecule has 0 bridgehead atoms. The first-order valence-corrected chi connectivity index (χ1v) is 20.3. The average Bonchev–Trinajstić information content (AvgIpc) is 3.93. The van der Waals surface area contributed by atoms with Crippen molar-refractivity contribution in [3.63, 3.8) is 0 Å². The maximum atomic E-state index is 5.20. The van der Waals surface area contributed by atoms with Gasteiger partial charge >= 0.3 is 0 Å². The van der Waals surface area contributed by atoms with E-state index in [9.17, 15) is 0 Å². The number of aromatic nitrogens is 4. The highest BCUT2D eigenvalue weighted by atomic mass is 32.1. The Bertz CT molecular complexity index is 3420. The first-order chi connectivity index (χ1) is 27.3. The second kappa shape index (κ2) is 12.0. The number of benzene rings is 7.